The van der Waals surface area contributed by atoms with Crippen molar-refractivity contribution in [2.45, 2.75) is 31.3 Å². The summed E-state index contributed by atoms with van der Waals surface area (Å²) in [7, 11) is -3.77. The molecule has 2 aromatic rings. The first-order chi connectivity index (χ1) is 14.1. The van der Waals surface area contributed by atoms with Gasteiger partial charge in [-0.25, -0.2) is 13.6 Å². The minimum Gasteiger partial charge on any atom is -0.491 e. The summed E-state index contributed by atoms with van der Waals surface area (Å²) in [5.74, 6) is -0.369. The predicted octanol–water partition coefficient (Wildman–Crippen LogP) is 2.68. The summed E-state index contributed by atoms with van der Waals surface area (Å²) in [6.45, 7) is 3.93. The van der Waals surface area contributed by atoms with Gasteiger partial charge in [0, 0.05) is 6.54 Å². The molecule has 0 unspecified atom stereocenters. The van der Waals surface area contributed by atoms with Crippen molar-refractivity contribution in [1.29, 1.82) is 0 Å². The first-order valence-corrected chi connectivity index (χ1v) is 11.1. The maximum atomic E-state index is 12.8. The topological polar surface area (TPSA) is 107 Å². The number of carbonyl (C=O) groups excluding carboxylic acids is 2. The highest BCUT2D eigenvalue weighted by Crippen LogP contribution is 2.32. The van der Waals surface area contributed by atoms with Gasteiger partial charge in [0.25, 0.3) is 11.8 Å². The Kier molecular flexibility index (Phi) is 6.30. The quantitative estimate of drug-likeness (QED) is 0.655. The zero-order valence-corrected chi connectivity index (χ0v) is 18.0. The number of primary sulfonamides is 1. The van der Waals surface area contributed by atoms with Gasteiger partial charge in [-0.1, -0.05) is 35.9 Å². The maximum Gasteiger partial charge on any atom is 0.273 e. The lowest BCUT2D eigenvalue weighted by molar-refractivity contribution is -0.136. The number of nitrogens with zero attached hydrogens (tertiary/aromatic N) is 1. The Morgan fingerprint density at radius 3 is 2.13 bits per heavy atom. The molecule has 1 aliphatic heterocycles. The summed E-state index contributed by atoms with van der Waals surface area (Å²) >= 11 is 6.19. The number of ether oxygens (including phenoxy) is 1. The summed E-state index contributed by atoms with van der Waals surface area (Å²) in [6.07, 6.45) is 0.365. The van der Waals surface area contributed by atoms with Crippen LogP contribution in [0.2, 0.25) is 0 Å². The number of imide groups is 1. The Morgan fingerprint density at radius 2 is 1.60 bits per heavy atom. The molecule has 2 N–H and O–H groups in total. The van der Waals surface area contributed by atoms with E-state index >= 15 is 0 Å². The van der Waals surface area contributed by atoms with Crippen LogP contribution in [0.15, 0.2) is 58.5 Å². The van der Waals surface area contributed by atoms with Crippen molar-refractivity contribution < 1.29 is 22.7 Å². The molecule has 30 heavy (non-hydrogen) atoms. The largest absolute Gasteiger partial charge is 0.491 e. The van der Waals surface area contributed by atoms with Crippen LogP contribution in [-0.4, -0.2) is 37.8 Å². The molecule has 158 valence electrons. The Bertz CT molecular complexity index is 1110. The van der Waals surface area contributed by atoms with Gasteiger partial charge < -0.3 is 4.74 Å². The van der Waals surface area contributed by atoms with Gasteiger partial charge in [0.15, 0.2) is 0 Å². The molecule has 1 aliphatic rings. The van der Waals surface area contributed by atoms with Crippen LogP contribution in [0, 0.1) is 0 Å². The van der Waals surface area contributed by atoms with Gasteiger partial charge in [-0.2, -0.15) is 0 Å². The van der Waals surface area contributed by atoms with E-state index in [0.717, 1.165) is 10.5 Å². The standard InChI is InChI=1S/C21H21ClN2O5S/c1-13(2)29-16-7-5-15(6-8-16)18-19(22)21(26)24(20(18)25)12-11-14-3-9-17(10-4-14)30(23,27)28/h3-10,13H,11-12H2,1-2H3,(H2,23,27,28). The zero-order chi connectivity index (χ0) is 22.1. The van der Waals surface area contributed by atoms with Crippen LogP contribution in [0.1, 0.15) is 25.0 Å². The molecule has 3 rings (SSSR count). The highest BCUT2D eigenvalue weighted by atomic mass is 35.5. The number of halogens is 1. The van der Waals surface area contributed by atoms with E-state index in [2.05, 4.69) is 0 Å². The SMILES string of the molecule is CC(C)Oc1ccc(C2=C(Cl)C(=O)N(CCc3ccc(S(N)(=O)=O)cc3)C2=O)cc1. The fourth-order valence-corrected chi connectivity index (χ4v) is 3.87. The lowest BCUT2D eigenvalue weighted by atomic mass is 10.1. The van der Waals surface area contributed by atoms with Gasteiger partial charge in [-0.05, 0) is 55.7 Å². The number of nitrogens with two attached hydrogens (primary N) is 1. The Balaban J connectivity index is 1.72. The van der Waals surface area contributed by atoms with Crippen LogP contribution in [0.5, 0.6) is 5.75 Å². The second-order valence-corrected chi connectivity index (χ2v) is 9.02. The van der Waals surface area contributed by atoms with Gasteiger partial charge in [0.05, 0.1) is 16.6 Å². The number of amides is 2. The average molecular weight is 449 g/mol. The molecule has 0 saturated carbocycles. The zero-order valence-electron chi connectivity index (χ0n) is 16.5. The van der Waals surface area contributed by atoms with Gasteiger partial charge in [-0.15, -0.1) is 0 Å². The fraction of sp³-hybridized carbons (Fsp3) is 0.238. The molecule has 1 heterocycles. The molecule has 0 aromatic heterocycles. The molecule has 0 radical (unpaired) electrons. The number of hydrogen-bond donors (Lipinski definition) is 1. The van der Waals surface area contributed by atoms with E-state index in [0.29, 0.717) is 17.7 Å². The lowest BCUT2D eigenvalue weighted by Gasteiger charge is -2.15. The summed E-state index contributed by atoms with van der Waals surface area (Å²) in [5.41, 5.74) is 1.44. The van der Waals surface area contributed by atoms with Crippen LogP contribution in [0.3, 0.4) is 0 Å². The number of benzene rings is 2. The van der Waals surface area contributed by atoms with Crippen molar-refractivity contribution in [2.24, 2.45) is 5.14 Å². The highest BCUT2D eigenvalue weighted by Gasteiger charge is 2.37. The molecular weight excluding hydrogens is 428 g/mol. The van der Waals surface area contributed by atoms with Crippen LogP contribution >= 0.6 is 11.6 Å². The maximum absolute atomic E-state index is 12.8. The Hall–Kier alpha value is -2.68. The van der Waals surface area contributed by atoms with Crippen LogP contribution in [0.25, 0.3) is 5.57 Å². The second-order valence-electron chi connectivity index (χ2n) is 7.08. The molecule has 0 fully saturated rings. The summed E-state index contributed by atoms with van der Waals surface area (Å²) < 4.78 is 28.2. The average Bonchev–Trinajstić information content (AvgIpc) is 2.89. The van der Waals surface area contributed by atoms with E-state index in [9.17, 15) is 18.0 Å². The molecule has 0 atom stereocenters. The number of sulfonamides is 1. The van der Waals surface area contributed by atoms with Gasteiger partial charge in [0.1, 0.15) is 10.8 Å². The Morgan fingerprint density at radius 1 is 1.00 bits per heavy atom. The molecule has 0 saturated heterocycles. The predicted molar refractivity (Wildman–Crippen MR) is 113 cm³/mol. The van der Waals surface area contributed by atoms with Gasteiger partial charge >= 0.3 is 0 Å². The minimum atomic E-state index is -3.77. The van der Waals surface area contributed by atoms with Crippen molar-refractivity contribution >= 4 is 39.0 Å². The number of carbonyl (C=O) groups is 2. The van der Waals surface area contributed by atoms with E-state index in [-0.39, 0.29) is 28.1 Å². The summed E-state index contributed by atoms with van der Waals surface area (Å²) in [4.78, 5) is 26.4. The first-order valence-electron chi connectivity index (χ1n) is 9.22. The third kappa shape index (κ3) is 4.72. The third-order valence-electron chi connectivity index (χ3n) is 4.50. The van der Waals surface area contributed by atoms with E-state index in [1.54, 1.807) is 36.4 Å². The van der Waals surface area contributed by atoms with Crippen molar-refractivity contribution in [3.63, 3.8) is 0 Å². The Labute approximate surface area is 180 Å². The molecule has 9 heteroatoms. The molecule has 7 nitrogen and oxygen atoms in total. The van der Waals surface area contributed by atoms with Crippen molar-refractivity contribution in [2.75, 3.05) is 6.54 Å². The summed E-state index contributed by atoms with van der Waals surface area (Å²) in [5, 5.41) is 4.96. The molecule has 2 amide bonds. The number of rotatable bonds is 7. The fourth-order valence-electron chi connectivity index (χ4n) is 3.06. The van der Waals surface area contributed by atoms with E-state index < -0.39 is 21.8 Å². The lowest BCUT2D eigenvalue weighted by Crippen LogP contribution is -2.33. The van der Waals surface area contributed by atoms with Crippen molar-refractivity contribution in [3.8, 4) is 5.75 Å². The minimum absolute atomic E-state index is 0.00327. The highest BCUT2D eigenvalue weighted by molar-refractivity contribution is 7.89. The normalized spacial score (nSPS) is 14.8. The van der Waals surface area contributed by atoms with Crippen molar-refractivity contribution in [1.82, 2.24) is 4.90 Å². The third-order valence-corrected chi connectivity index (χ3v) is 5.78. The van der Waals surface area contributed by atoms with E-state index in [1.807, 2.05) is 13.8 Å². The molecule has 0 aliphatic carbocycles. The molecule has 0 spiro atoms. The van der Waals surface area contributed by atoms with Gasteiger partial charge in [0.2, 0.25) is 10.0 Å². The van der Waals surface area contributed by atoms with E-state index in [4.69, 9.17) is 21.5 Å². The molecule has 0 bridgehead atoms. The van der Waals surface area contributed by atoms with E-state index in [1.165, 1.54) is 12.1 Å². The molecule has 2 aromatic carbocycles. The molecular formula is C21H21ClN2O5S. The second kappa shape index (κ2) is 8.59. The van der Waals surface area contributed by atoms with Gasteiger partial charge in [-0.3, -0.25) is 14.5 Å². The van der Waals surface area contributed by atoms with Crippen molar-refractivity contribution in [3.05, 3.63) is 64.7 Å². The summed E-state index contributed by atoms with van der Waals surface area (Å²) in [6, 6.07) is 12.8. The van der Waals surface area contributed by atoms with Crippen LogP contribution in [-0.2, 0) is 26.0 Å². The van der Waals surface area contributed by atoms with Crippen LogP contribution < -0.4 is 9.88 Å². The number of hydrogen-bond acceptors (Lipinski definition) is 5. The van der Waals surface area contributed by atoms with Crippen LogP contribution in [0.4, 0.5) is 0 Å². The first kappa shape index (κ1) is 22.0. The smallest absolute Gasteiger partial charge is 0.273 e. The monoisotopic (exact) mass is 448 g/mol.